The molecule has 1 heterocycles. The van der Waals surface area contributed by atoms with Gasteiger partial charge in [0.15, 0.2) is 0 Å². The van der Waals surface area contributed by atoms with Gasteiger partial charge in [-0.3, -0.25) is 0 Å². The third kappa shape index (κ3) is 4.32. The number of carbonyl (C=O) groups is 1. The van der Waals surface area contributed by atoms with Gasteiger partial charge in [-0.1, -0.05) is 42.4 Å². The van der Waals surface area contributed by atoms with E-state index >= 15 is 0 Å². The topological polar surface area (TPSA) is 87.4 Å². The molecule has 0 spiro atoms. The first-order valence-electron chi connectivity index (χ1n) is 7.65. The molecule has 6 heteroatoms. The Morgan fingerprint density at radius 3 is 2.57 bits per heavy atom. The number of hydrogen-bond acceptors (Lipinski definition) is 4. The Balaban J connectivity index is 1.89. The number of carbonyl (C=O) groups excluding carboxylic acids is 1. The Bertz CT molecular complexity index is 620. The number of aliphatic hydroxyl groups excluding tert-OH is 1. The van der Waals surface area contributed by atoms with Gasteiger partial charge in [-0.05, 0) is 19.4 Å². The highest BCUT2D eigenvalue weighted by Gasteiger charge is 2.18. The molecule has 23 heavy (non-hydrogen) atoms. The second kappa shape index (κ2) is 7.78. The minimum atomic E-state index is -0.425. The molecule has 0 saturated heterocycles. The molecule has 6 nitrogen and oxygen atoms in total. The molecule has 3 N–H and O–H groups in total. The first-order chi connectivity index (χ1) is 11.0. The number of amides is 2. The van der Waals surface area contributed by atoms with Gasteiger partial charge in [0.25, 0.3) is 0 Å². The third-order valence-corrected chi connectivity index (χ3v) is 3.84. The Morgan fingerprint density at radius 1 is 1.30 bits per heavy atom. The second-order valence-electron chi connectivity index (χ2n) is 5.64. The van der Waals surface area contributed by atoms with Crippen molar-refractivity contribution in [3.8, 4) is 0 Å². The molecule has 0 bridgehead atoms. The lowest BCUT2D eigenvalue weighted by Gasteiger charge is -2.18. The molecule has 0 fully saturated rings. The summed E-state index contributed by atoms with van der Waals surface area (Å²) in [4.78, 5) is 12.1. The average Bonchev–Trinajstić information content (AvgIpc) is 2.90. The van der Waals surface area contributed by atoms with Crippen molar-refractivity contribution in [3.05, 3.63) is 52.9 Å². The summed E-state index contributed by atoms with van der Waals surface area (Å²) < 4.78 is 5.15. The van der Waals surface area contributed by atoms with Crippen LogP contribution in [0, 0.1) is 13.8 Å². The molecule has 0 saturated carbocycles. The number of urea groups is 1. The SMILES string of the molecule is Cc1noc(C)c1C(C)CNC(=O)NC(CO)c1ccccc1. The average molecular weight is 317 g/mol. The number of nitrogens with zero attached hydrogens (tertiary/aromatic N) is 1. The van der Waals surface area contributed by atoms with E-state index in [1.54, 1.807) is 0 Å². The Morgan fingerprint density at radius 2 is 2.00 bits per heavy atom. The minimum Gasteiger partial charge on any atom is -0.394 e. The van der Waals surface area contributed by atoms with Crippen LogP contribution in [-0.4, -0.2) is 29.4 Å². The van der Waals surface area contributed by atoms with E-state index in [0.717, 1.165) is 22.6 Å². The molecular weight excluding hydrogens is 294 g/mol. The fourth-order valence-electron chi connectivity index (χ4n) is 2.67. The number of rotatable bonds is 6. The van der Waals surface area contributed by atoms with Gasteiger partial charge >= 0.3 is 6.03 Å². The van der Waals surface area contributed by atoms with E-state index in [1.807, 2.05) is 51.1 Å². The fraction of sp³-hybridized carbons (Fsp3) is 0.412. The number of aromatic nitrogens is 1. The predicted octanol–water partition coefficient (Wildman–Crippen LogP) is 2.43. The van der Waals surface area contributed by atoms with E-state index in [-0.39, 0.29) is 18.6 Å². The van der Waals surface area contributed by atoms with Crippen LogP contribution < -0.4 is 10.6 Å². The maximum atomic E-state index is 12.1. The Kier molecular flexibility index (Phi) is 5.76. The molecular formula is C17H23N3O3. The van der Waals surface area contributed by atoms with Crippen molar-refractivity contribution < 1.29 is 14.4 Å². The summed E-state index contributed by atoms with van der Waals surface area (Å²) >= 11 is 0. The van der Waals surface area contributed by atoms with Gasteiger partial charge in [-0.2, -0.15) is 0 Å². The molecule has 1 aromatic carbocycles. The van der Waals surface area contributed by atoms with E-state index in [4.69, 9.17) is 4.52 Å². The molecule has 1 aromatic heterocycles. The summed E-state index contributed by atoms with van der Waals surface area (Å²) in [6, 6.07) is 8.64. The Labute approximate surface area is 135 Å². The molecule has 0 aliphatic carbocycles. The van der Waals surface area contributed by atoms with Crippen LogP contribution in [0.1, 0.15) is 41.5 Å². The molecule has 2 unspecified atom stereocenters. The summed E-state index contributed by atoms with van der Waals surface area (Å²) in [7, 11) is 0. The summed E-state index contributed by atoms with van der Waals surface area (Å²) in [6.07, 6.45) is 0. The summed E-state index contributed by atoms with van der Waals surface area (Å²) in [5.74, 6) is 0.867. The van der Waals surface area contributed by atoms with Gasteiger partial charge in [-0.25, -0.2) is 4.79 Å². The van der Waals surface area contributed by atoms with Gasteiger partial charge < -0.3 is 20.3 Å². The van der Waals surface area contributed by atoms with E-state index in [1.165, 1.54) is 0 Å². The zero-order valence-electron chi connectivity index (χ0n) is 13.7. The van der Waals surface area contributed by atoms with Gasteiger partial charge in [-0.15, -0.1) is 0 Å². The number of aryl methyl sites for hydroxylation is 2. The van der Waals surface area contributed by atoms with Crippen LogP contribution in [0.5, 0.6) is 0 Å². The number of benzene rings is 1. The highest BCUT2D eigenvalue weighted by Crippen LogP contribution is 2.22. The van der Waals surface area contributed by atoms with E-state index in [0.29, 0.717) is 6.54 Å². The lowest BCUT2D eigenvalue weighted by atomic mass is 10.00. The van der Waals surface area contributed by atoms with Crippen molar-refractivity contribution in [2.24, 2.45) is 0 Å². The van der Waals surface area contributed by atoms with Crippen LogP contribution in [0.3, 0.4) is 0 Å². The monoisotopic (exact) mass is 317 g/mol. The van der Waals surface area contributed by atoms with Crippen molar-refractivity contribution in [1.82, 2.24) is 15.8 Å². The van der Waals surface area contributed by atoms with Gasteiger partial charge in [0.05, 0.1) is 18.3 Å². The van der Waals surface area contributed by atoms with Crippen molar-refractivity contribution >= 4 is 6.03 Å². The van der Waals surface area contributed by atoms with Crippen LogP contribution >= 0.6 is 0 Å². The Hall–Kier alpha value is -2.34. The fourth-order valence-corrected chi connectivity index (χ4v) is 2.67. The standard InChI is InChI=1S/C17H23N3O3/c1-11(16-12(2)20-23-13(16)3)9-18-17(22)19-15(10-21)14-7-5-4-6-8-14/h4-8,11,15,21H,9-10H2,1-3H3,(H2,18,19,22). The zero-order chi connectivity index (χ0) is 16.8. The molecule has 2 rings (SSSR count). The van der Waals surface area contributed by atoms with Crippen LogP contribution in [-0.2, 0) is 0 Å². The van der Waals surface area contributed by atoms with Crippen molar-refractivity contribution in [3.63, 3.8) is 0 Å². The maximum Gasteiger partial charge on any atom is 0.315 e. The highest BCUT2D eigenvalue weighted by atomic mass is 16.5. The van der Waals surface area contributed by atoms with E-state index in [2.05, 4.69) is 15.8 Å². The van der Waals surface area contributed by atoms with Crippen molar-refractivity contribution in [2.75, 3.05) is 13.2 Å². The summed E-state index contributed by atoms with van der Waals surface area (Å²) in [5, 5.41) is 19.0. The molecule has 2 aromatic rings. The predicted molar refractivity (Wildman–Crippen MR) is 87.2 cm³/mol. The number of aliphatic hydroxyl groups is 1. The second-order valence-corrected chi connectivity index (χ2v) is 5.64. The van der Waals surface area contributed by atoms with Gasteiger partial charge in [0.2, 0.25) is 0 Å². The van der Waals surface area contributed by atoms with Crippen LogP contribution in [0.2, 0.25) is 0 Å². The number of nitrogens with one attached hydrogen (secondary N) is 2. The molecule has 0 radical (unpaired) electrons. The smallest absolute Gasteiger partial charge is 0.315 e. The van der Waals surface area contributed by atoms with Crippen LogP contribution in [0.4, 0.5) is 4.79 Å². The molecule has 124 valence electrons. The molecule has 0 aliphatic heterocycles. The molecule has 2 atom stereocenters. The van der Waals surface area contributed by atoms with Crippen molar-refractivity contribution in [1.29, 1.82) is 0 Å². The quantitative estimate of drug-likeness (QED) is 0.763. The van der Waals surface area contributed by atoms with E-state index < -0.39 is 6.04 Å². The summed E-state index contributed by atoms with van der Waals surface area (Å²) in [6.45, 7) is 6.06. The molecule has 2 amide bonds. The third-order valence-electron chi connectivity index (χ3n) is 3.84. The van der Waals surface area contributed by atoms with Crippen molar-refractivity contribution in [2.45, 2.75) is 32.7 Å². The highest BCUT2D eigenvalue weighted by molar-refractivity contribution is 5.74. The van der Waals surface area contributed by atoms with Crippen LogP contribution in [0.25, 0.3) is 0 Å². The van der Waals surface area contributed by atoms with Gasteiger partial charge in [0, 0.05) is 18.0 Å². The maximum absolute atomic E-state index is 12.1. The largest absolute Gasteiger partial charge is 0.394 e. The lowest BCUT2D eigenvalue weighted by Crippen LogP contribution is -2.40. The van der Waals surface area contributed by atoms with E-state index in [9.17, 15) is 9.90 Å². The normalized spacial score (nSPS) is 13.4. The first kappa shape index (κ1) is 17.0. The first-order valence-corrected chi connectivity index (χ1v) is 7.65. The van der Waals surface area contributed by atoms with Crippen LogP contribution in [0.15, 0.2) is 34.9 Å². The lowest BCUT2D eigenvalue weighted by molar-refractivity contribution is 0.216. The minimum absolute atomic E-state index is 0.0938. The number of hydrogen-bond donors (Lipinski definition) is 3. The zero-order valence-corrected chi connectivity index (χ0v) is 13.7. The summed E-state index contributed by atoms with van der Waals surface area (Å²) in [5.41, 5.74) is 2.73. The van der Waals surface area contributed by atoms with Gasteiger partial charge in [0.1, 0.15) is 5.76 Å². The molecule has 0 aliphatic rings.